The number of pyridine rings is 2. The first kappa shape index (κ1) is 23.8. The standard InChI is InChI=1S/C21H23F3N6O3/c1-20(2,3)33-19(32)29(4)11-17(31)28-15-10-30-9-12(5-6-16(30)27-15)13-7-14(21(22,23)24)18(25)26-8-13/h5-10H,11H2,1-4H3,(H2,25,26)(H,28,31). The van der Waals surface area contributed by atoms with Crippen molar-refractivity contribution >= 4 is 29.3 Å². The van der Waals surface area contributed by atoms with Gasteiger partial charge in [0.15, 0.2) is 5.82 Å². The van der Waals surface area contributed by atoms with E-state index in [0.29, 0.717) is 11.2 Å². The van der Waals surface area contributed by atoms with Crippen molar-refractivity contribution < 1.29 is 27.5 Å². The van der Waals surface area contributed by atoms with E-state index in [4.69, 9.17) is 10.5 Å². The number of anilines is 2. The number of nitrogens with zero attached hydrogens (tertiary/aromatic N) is 4. The zero-order valence-corrected chi connectivity index (χ0v) is 18.4. The van der Waals surface area contributed by atoms with Gasteiger partial charge in [-0.3, -0.25) is 4.79 Å². The summed E-state index contributed by atoms with van der Waals surface area (Å²) in [6.45, 7) is 4.89. The van der Waals surface area contributed by atoms with Gasteiger partial charge in [-0.15, -0.1) is 0 Å². The minimum Gasteiger partial charge on any atom is -0.444 e. The number of fused-ring (bicyclic) bond motifs is 1. The molecule has 12 heteroatoms. The Kier molecular flexibility index (Phi) is 6.21. The molecule has 3 aromatic rings. The maximum atomic E-state index is 13.1. The van der Waals surface area contributed by atoms with Gasteiger partial charge in [-0.05, 0) is 39.0 Å². The number of ether oxygens (including phenoxy) is 1. The average molecular weight is 464 g/mol. The van der Waals surface area contributed by atoms with Crippen molar-refractivity contribution in [1.82, 2.24) is 19.3 Å². The zero-order valence-electron chi connectivity index (χ0n) is 18.4. The van der Waals surface area contributed by atoms with Crippen LogP contribution in [0.3, 0.4) is 0 Å². The number of amides is 2. The van der Waals surface area contributed by atoms with Crippen molar-refractivity contribution in [2.24, 2.45) is 0 Å². The fraction of sp³-hybridized carbons (Fsp3) is 0.333. The number of alkyl halides is 3. The van der Waals surface area contributed by atoms with Gasteiger partial charge in [0.25, 0.3) is 0 Å². The van der Waals surface area contributed by atoms with Crippen LogP contribution < -0.4 is 11.1 Å². The van der Waals surface area contributed by atoms with Gasteiger partial charge in [-0.2, -0.15) is 13.2 Å². The topological polar surface area (TPSA) is 115 Å². The molecule has 0 aliphatic heterocycles. The van der Waals surface area contributed by atoms with E-state index in [9.17, 15) is 22.8 Å². The van der Waals surface area contributed by atoms with Gasteiger partial charge in [0.1, 0.15) is 23.6 Å². The summed E-state index contributed by atoms with van der Waals surface area (Å²) in [4.78, 5) is 33.3. The molecule has 176 valence electrons. The predicted octanol–water partition coefficient (Wildman–Crippen LogP) is 3.80. The fourth-order valence-corrected chi connectivity index (χ4v) is 2.89. The second kappa shape index (κ2) is 8.60. The molecular weight excluding hydrogens is 441 g/mol. The van der Waals surface area contributed by atoms with Gasteiger partial charge in [0, 0.05) is 30.6 Å². The highest BCUT2D eigenvalue weighted by molar-refractivity contribution is 5.93. The Morgan fingerprint density at radius 2 is 1.88 bits per heavy atom. The van der Waals surface area contributed by atoms with E-state index >= 15 is 0 Å². The number of imidazole rings is 1. The summed E-state index contributed by atoms with van der Waals surface area (Å²) < 4.78 is 46.1. The van der Waals surface area contributed by atoms with Crippen LogP contribution in [0.5, 0.6) is 0 Å². The number of hydrogen-bond donors (Lipinski definition) is 2. The van der Waals surface area contributed by atoms with Crippen LogP contribution in [-0.2, 0) is 15.7 Å². The van der Waals surface area contributed by atoms with Crippen molar-refractivity contribution in [2.75, 3.05) is 24.6 Å². The molecule has 0 saturated heterocycles. The van der Waals surface area contributed by atoms with E-state index in [1.165, 1.54) is 19.4 Å². The number of nitrogens with two attached hydrogens (primary N) is 1. The lowest BCUT2D eigenvalue weighted by molar-refractivity contribution is -0.137. The molecule has 0 atom stereocenters. The number of nitrogen functional groups attached to an aromatic ring is 1. The van der Waals surface area contributed by atoms with Crippen LogP contribution in [0.1, 0.15) is 26.3 Å². The Labute approximate surface area is 187 Å². The van der Waals surface area contributed by atoms with E-state index in [1.807, 2.05) is 0 Å². The third-order valence-electron chi connectivity index (χ3n) is 4.36. The van der Waals surface area contributed by atoms with Gasteiger partial charge in [0.05, 0.1) is 11.8 Å². The highest BCUT2D eigenvalue weighted by Crippen LogP contribution is 2.35. The van der Waals surface area contributed by atoms with Crippen LogP contribution in [0.15, 0.2) is 36.8 Å². The Balaban J connectivity index is 1.75. The quantitative estimate of drug-likeness (QED) is 0.607. The molecular formula is C21H23F3N6O3. The average Bonchev–Trinajstić information content (AvgIpc) is 3.07. The van der Waals surface area contributed by atoms with Crippen LogP contribution in [0.4, 0.5) is 29.6 Å². The molecule has 9 nitrogen and oxygen atoms in total. The molecule has 3 aromatic heterocycles. The van der Waals surface area contributed by atoms with Gasteiger partial charge in [0.2, 0.25) is 5.91 Å². The molecule has 0 aliphatic rings. The molecule has 0 bridgehead atoms. The van der Waals surface area contributed by atoms with E-state index in [2.05, 4.69) is 15.3 Å². The number of halogens is 3. The summed E-state index contributed by atoms with van der Waals surface area (Å²) >= 11 is 0. The van der Waals surface area contributed by atoms with E-state index in [-0.39, 0.29) is 17.9 Å². The molecule has 3 N–H and O–H groups in total. The van der Waals surface area contributed by atoms with Crippen LogP contribution in [-0.4, -0.2) is 50.5 Å². The molecule has 0 saturated carbocycles. The molecule has 0 radical (unpaired) electrons. The summed E-state index contributed by atoms with van der Waals surface area (Å²) in [7, 11) is 1.43. The maximum Gasteiger partial charge on any atom is 0.419 e. The summed E-state index contributed by atoms with van der Waals surface area (Å²) in [5, 5.41) is 2.58. The molecule has 3 heterocycles. The maximum absolute atomic E-state index is 13.1. The first-order valence-corrected chi connectivity index (χ1v) is 9.79. The number of carbonyl (C=O) groups excluding carboxylic acids is 2. The van der Waals surface area contributed by atoms with Gasteiger partial charge < -0.3 is 25.1 Å². The predicted molar refractivity (Wildman–Crippen MR) is 115 cm³/mol. The molecule has 3 rings (SSSR count). The first-order valence-electron chi connectivity index (χ1n) is 9.79. The van der Waals surface area contributed by atoms with Crippen molar-refractivity contribution in [3.8, 4) is 11.1 Å². The minimum atomic E-state index is -4.63. The zero-order chi connectivity index (χ0) is 24.6. The molecule has 33 heavy (non-hydrogen) atoms. The van der Waals surface area contributed by atoms with Crippen molar-refractivity contribution in [3.63, 3.8) is 0 Å². The summed E-state index contributed by atoms with van der Waals surface area (Å²) in [5.41, 5.74) is 4.76. The summed E-state index contributed by atoms with van der Waals surface area (Å²) in [6.07, 6.45) is -0.973. The molecule has 0 aliphatic carbocycles. The fourth-order valence-electron chi connectivity index (χ4n) is 2.89. The van der Waals surface area contributed by atoms with Crippen LogP contribution >= 0.6 is 0 Å². The molecule has 0 unspecified atom stereocenters. The lowest BCUT2D eigenvalue weighted by Crippen LogP contribution is -2.38. The monoisotopic (exact) mass is 464 g/mol. The van der Waals surface area contributed by atoms with Gasteiger partial charge in [-0.25, -0.2) is 14.8 Å². The minimum absolute atomic E-state index is 0.209. The van der Waals surface area contributed by atoms with E-state index in [0.717, 1.165) is 11.0 Å². The lowest BCUT2D eigenvalue weighted by atomic mass is 10.1. The Morgan fingerprint density at radius 3 is 2.52 bits per heavy atom. The van der Waals surface area contributed by atoms with Crippen LogP contribution in [0, 0.1) is 0 Å². The number of hydrogen-bond acceptors (Lipinski definition) is 6. The van der Waals surface area contributed by atoms with Crippen LogP contribution in [0.2, 0.25) is 0 Å². The number of likely N-dealkylation sites (N-methyl/N-ethyl adjacent to an activating group) is 1. The highest BCUT2D eigenvalue weighted by Gasteiger charge is 2.34. The van der Waals surface area contributed by atoms with Crippen molar-refractivity contribution in [3.05, 3.63) is 42.4 Å². The van der Waals surface area contributed by atoms with Gasteiger partial charge in [-0.1, -0.05) is 0 Å². The summed E-state index contributed by atoms with van der Waals surface area (Å²) in [6, 6.07) is 4.09. The Hall–Kier alpha value is -3.83. The summed E-state index contributed by atoms with van der Waals surface area (Å²) in [5.74, 6) is -0.887. The Bertz CT molecular complexity index is 1200. The number of rotatable bonds is 4. The SMILES string of the molecule is CN(CC(=O)Nc1cn2cc(-c3cnc(N)c(C(F)(F)F)c3)ccc2n1)C(=O)OC(C)(C)C. The van der Waals surface area contributed by atoms with Crippen molar-refractivity contribution in [1.29, 1.82) is 0 Å². The van der Waals surface area contributed by atoms with Gasteiger partial charge >= 0.3 is 12.3 Å². The first-order chi connectivity index (χ1) is 15.2. The van der Waals surface area contributed by atoms with Crippen molar-refractivity contribution in [2.45, 2.75) is 32.5 Å². The number of aromatic nitrogens is 3. The van der Waals surface area contributed by atoms with E-state index < -0.39 is 35.2 Å². The normalized spacial score (nSPS) is 12.0. The third-order valence-corrected chi connectivity index (χ3v) is 4.36. The lowest BCUT2D eigenvalue weighted by Gasteiger charge is -2.24. The second-order valence-corrected chi connectivity index (χ2v) is 8.35. The molecule has 0 spiro atoms. The third kappa shape index (κ3) is 5.90. The number of carbonyl (C=O) groups is 2. The number of nitrogens with one attached hydrogen (secondary N) is 1. The smallest absolute Gasteiger partial charge is 0.419 e. The second-order valence-electron chi connectivity index (χ2n) is 8.35. The highest BCUT2D eigenvalue weighted by atomic mass is 19.4. The van der Waals surface area contributed by atoms with Crippen LogP contribution in [0.25, 0.3) is 16.8 Å². The molecule has 0 fully saturated rings. The largest absolute Gasteiger partial charge is 0.444 e. The Morgan fingerprint density at radius 1 is 1.18 bits per heavy atom. The molecule has 2 amide bonds. The van der Waals surface area contributed by atoms with E-state index in [1.54, 1.807) is 43.5 Å². The molecule has 0 aromatic carbocycles.